The van der Waals surface area contributed by atoms with Crippen molar-refractivity contribution in [1.82, 2.24) is 4.73 Å². The Labute approximate surface area is 169 Å². The maximum atomic E-state index is 15.1. The summed E-state index contributed by atoms with van der Waals surface area (Å²) >= 11 is 0. The van der Waals surface area contributed by atoms with Gasteiger partial charge in [-0.3, -0.25) is 4.28 Å². The van der Waals surface area contributed by atoms with Crippen LogP contribution in [-0.4, -0.2) is 45.7 Å². The molecule has 1 heterocycles. The average molecular weight is 455 g/mol. The lowest BCUT2D eigenvalue weighted by Gasteiger charge is -2.43. The van der Waals surface area contributed by atoms with Crippen molar-refractivity contribution in [3.8, 4) is 11.8 Å². The third-order valence-electron chi connectivity index (χ3n) is 7.92. The van der Waals surface area contributed by atoms with E-state index in [-0.39, 0.29) is 40.7 Å². The molecule has 8 atom stereocenters. The molecule has 0 spiro atoms. The van der Waals surface area contributed by atoms with E-state index < -0.39 is 51.0 Å². The van der Waals surface area contributed by atoms with Gasteiger partial charge in [0.25, 0.3) is 0 Å². The molecule has 1 aromatic heterocycles. The molecule has 0 aromatic carbocycles. The van der Waals surface area contributed by atoms with Crippen molar-refractivity contribution < 1.29 is 45.6 Å². The molecule has 0 aliphatic heterocycles. The van der Waals surface area contributed by atoms with Crippen molar-refractivity contribution in [1.29, 1.82) is 0 Å². The summed E-state index contributed by atoms with van der Waals surface area (Å²) in [7, 11) is -6.27. The first-order valence-electron chi connectivity index (χ1n) is 9.84. The first kappa shape index (κ1) is 20.2. The Balaban J connectivity index is 1.43. The number of rotatable bonds is 5. The monoisotopic (exact) mass is 455 g/mol. The van der Waals surface area contributed by atoms with Crippen LogP contribution in [-0.2, 0) is 10.1 Å². The number of aromatic hydroxyl groups is 2. The van der Waals surface area contributed by atoms with Crippen molar-refractivity contribution in [3.63, 3.8) is 0 Å². The standard InChI is InChI=1S/C18H21F4NO6S/c19-17(20,18(21,22)30(27,28)29-23-13(25)1-2-14(23)26)11-5-7-3-9(11)16-10-4-8(15(7)16)6-12(10)24/h1-2,7-12,15-16,24-26H,3-6H2. The number of halogens is 4. The second-order valence-corrected chi connectivity index (χ2v) is 10.7. The van der Waals surface area contributed by atoms with E-state index >= 15 is 8.78 Å². The quantitative estimate of drug-likeness (QED) is 0.464. The van der Waals surface area contributed by atoms with E-state index in [9.17, 15) is 32.5 Å². The highest BCUT2D eigenvalue weighted by Crippen LogP contribution is 2.71. The topological polar surface area (TPSA) is 109 Å². The van der Waals surface area contributed by atoms with Crippen LogP contribution in [0, 0.1) is 41.4 Å². The molecule has 1 aromatic rings. The van der Waals surface area contributed by atoms with Crippen LogP contribution in [0.5, 0.6) is 11.8 Å². The van der Waals surface area contributed by atoms with E-state index in [1.807, 2.05) is 0 Å². The van der Waals surface area contributed by atoms with Gasteiger partial charge in [0.2, 0.25) is 11.8 Å². The maximum Gasteiger partial charge on any atom is 0.444 e. The summed E-state index contributed by atoms with van der Waals surface area (Å²) in [5, 5.41) is 23.4. The zero-order valence-electron chi connectivity index (χ0n) is 15.5. The predicted molar refractivity (Wildman–Crippen MR) is 92.1 cm³/mol. The number of aromatic nitrogens is 1. The van der Waals surface area contributed by atoms with Crippen LogP contribution in [0.25, 0.3) is 0 Å². The smallest absolute Gasteiger partial charge is 0.444 e. The molecule has 0 amide bonds. The van der Waals surface area contributed by atoms with Gasteiger partial charge in [0.05, 0.1) is 6.10 Å². The van der Waals surface area contributed by atoms with Crippen molar-refractivity contribution >= 4 is 10.1 Å². The number of hydrogen-bond acceptors (Lipinski definition) is 6. The normalized spacial score (nSPS) is 40.2. The lowest BCUT2D eigenvalue weighted by atomic mass is 9.65. The molecule has 7 nitrogen and oxygen atoms in total. The van der Waals surface area contributed by atoms with Crippen LogP contribution >= 0.6 is 0 Å². The van der Waals surface area contributed by atoms with Gasteiger partial charge in [-0.05, 0) is 61.2 Å². The van der Waals surface area contributed by atoms with Crippen LogP contribution in [0.3, 0.4) is 0 Å². The lowest BCUT2D eigenvalue weighted by molar-refractivity contribution is -0.212. The molecule has 4 aliphatic rings. The lowest BCUT2D eigenvalue weighted by Crippen LogP contribution is -2.56. The summed E-state index contributed by atoms with van der Waals surface area (Å²) in [5.41, 5.74) is 0. The van der Waals surface area contributed by atoms with E-state index in [0.717, 1.165) is 12.1 Å². The number of hydrogen-bond donors (Lipinski definition) is 3. The van der Waals surface area contributed by atoms with E-state index in [2.05, 4.69) is 4.28 Å². The summed E-state index contributed by atoms with van der Waals surface area (Å²) in [4.78, 5) is 0. The molecular formula is C18H21F4NO6S. The molecule has 4 aliphatic carbocycles. The van der Waals surface area contributed by atoms with Gasteiger partial charge in [0, 0.05) is 18.1 Å². The minimum absolute atomic E-state index is 0.130. The molecular weight excluding hydrogens is 434 g/mol. The van der Waals surface area contributed by atoms with Crippen molar-refractivity contribution in [2.75, 3.05) is 0 Å². The summed E-state index contributed by atoms with van der Waals surface area (Å²) in [5.74, 6) is -10.0. The van der Waals surface area contributed by atoms with Gasteiger partial charge >= 0.3 is 21.3 Å². The SMILES string of the molecule is O=S(=O)(On1c(O)ccc1O)C(F)(F)C(F)(F)C1CC2CC1C1C3CC(CC3O)C21. The Hall–Kier alpha value is -1.69. The predicted octanol–water partition coefficient (Wildman–Crippen LogP) is 2.17. The van der Waals surface area contributed by atoms with Gasteiger partial charge < -0.3 is 15.3 Å². The molecule has 5 rings (SSSR count). The molecule has 12 heteroatoms. The Kier molecular flexibility index (Phi) is 4.02. The van der Waals surface area contributed by atoms with Gasteiger partial charge in [-0.15, -0.1) is 0 Å². The van der Waals surface area contributed by atoms with Crippen LogP contribution in [0.2, 0.25) is 0 Å². The fourth-order valence-electron chi connectivity index (χ4n) is 6.99. The largest absolute Gasteiger partial charge is 0.492 e. The first-order chi connectivity index (χ1) is 13.9. The fourth-order valence-corrected chi connectivity index (χ4v) is 7.92. The number of fused-ring (bicyclic) bond motifs is 9. The highest BCUT2D eigenvalue weighted by atomic mass is 32.2. The molecule has 4 saturated carbocycles. The second kappa shape index (κ2) is 5.96. The van der Waals surface area contributed by atoms with Crippen molar-refractivity contribution in [2.45, 2.75) is 43.0 Å². The fraction of sp³-hybridized carbons (Fsp3) is 0.778. The highest BCUT2D eigenvalue weighted by Gasteiger charge is 2.76. The first-order valence-corrected chi connectivity index (χ1v) is 11.3. The van der Waals surface area contributed by atoms with Gasteiger partial charge in [0.1, 0.15) is 0 Å². The van der Waals surface area contributed by atoms with E-state index in [0.29, 0.717) is 19.3 Å². The van der Waals surface area contributed by atoms with Gasteiger partial charge in [-0.2, -0.15) is 26.0 Å². The molecule has 4 fully saturated rings. The number of aliphatic hydroxyl groups excluding tert-OH is 1. The Bertz CT molecular complexity index is 962. The third kappa shape index (κ3) is 2.37. The van der Waals surface area contributed by atoms with Gasteiger partial charge in [-0.25, -0.2) is 0 Å². The van der Waals surface area contributed by atoms with Crippen LogP contribution in [0.4, 0.5) is 17.6 Å². The highest BCUT2D eigenvalue weighted by molar-refractivity contribution is 7.88. The minimum atomic E-state index is -6.27. The van der Waals surface area contributed by atoms with Crippen LogP contribution < -0.4 is 4.28 Å². The number of aliphatic hydroxyl groups is 1. The van der Waals surface area contributed by atoms with Gasteiger partial charge in [-0.1, -0.05) is 4.73 Å². The molecule has 0 radical (unpaired) electrons. The molecule has 3 N–H and O–H groups in total. The van der Waals surface area contributed by atoms with Crippen LogP contribution in [0.15, 0.2) is 12.1 Å². The zero-order chi connectivity index (χ0) is 21.8. The number of alkyl halides is 4. The zero-order valence-corrected chi connectivity index (χ0v) is 16.4. The Morgan fingerprint density at radius 3 is 2.13 bits per heavy atom. The van der Waals surface area contributed by atoms with E-state index in [1.165, 1.54) is 0 Å². The summed E-state index contributed by atoms with van der Waals surface area (Å²) < 4.78 is 87.5. The molecule has 30 heavy (non-hydrogen) atoms. The Morgan fingerprint density at radius 1 is 0.933 bits per heavy atom. The van der Waals surface area contributed by atoms with Gasteiger partial charge in [0.15, 0.2) is 0 Å². The Morgan fingerprint density at radius 2 is 1.50 bits per heavy atom. The molecule has 0 saturated heterocycles. The summed E-state index contributed by atoms with van der Waals surface area (Å²) in [6, 6.07) is 1.50. The molecule has 4 bridgehead atoms. The molecule has 168 valence electrons. The number of nitrogens with zero attached hydrogens (tertiary/aromatic N) is 1. The molecule has 8 unspecified atom stereocenters. The summed E-state index contributed by atoms with van der Waals surface area (Å²) in [6.07, 6.45) is 0.802. The van der Waals surface area contributed by atoms with Crippen LogP contribution in [0.1, 0.15) is 25.7 Å². The van der Waals surface area contributed by atoms with Crippen molar-refractivity contribution in [3.05, 3.63) is 12.1 Å². The third-order valence-corrected chi connectivity index (χ3v) is 9.17. The second-order valence-electron chi connectivity index (χ2n) is 9.13. The average Bonchev–Trinajstić information content (AvgIpc) is 3.44. The summed E-state index contributed by atoms with van der Waals surface area (Å²) in [6.45, 7) is 0. The minimum Gasteiger partial charge on any atom is -0.492 e. The maximum absolute atomic E-state index is 15.1. The van der Waals surface area contributed by atoms with E-state index in [4.69, 9.17) is 0 Å². The van der Waals surface area contributed by atoms with Crippen molar-refractivity contribution in [2.24, 2.45) is 41.4 Å². The van der Waals surface area contributed by atoms with E-state index in [1.54, 1.807) is 0 Å².